The third-order valence-electron chi connectivity index (χ3n) is 6.03. The van der Waals surface area contributed by atoms with E-state index in [2.05, 4.69) is 65.6 Å². The van der Waals surface area contributed by atoms with Crippen LogP contribution in [0.15, 0.2) is 109 Å². The van der Waals surface area contributed by atoms with Gasteiger partial charge in [0.1, 0.15) is 24.7 Å². The van der Waals surface area contributed by atoms with E-state index >= 15 is 0 Å². The van der Waals surface area contributed by atoms with E-state index in [1.54, 1.807) is 0 Å². The minimum atomic E-state index is 0.559. The summed E-state index contributed by atoms with van der Waals surface area (Å²) in [5.74, 6) is 1.75. The fourth-order valence-corrected chi connectivity index (χ4v) is 4.32. The minimum Gasteiger partial charge on any atom is -0.489 e. The van der Waals surface area contributed by atoms with Gasteiger partial charge in [-0.15, -0.1) is 0 Å². The number of aromatic nitrogens is 1. The summed E-state index contributed by atoms with van der Waals surface area (Å²) in [4.78, 5) is 3.60. The van der Waals surface area contributed by atoms with Crippen molar-refractivity contribution in [3.63, 3.8) is 0 Å². The van der Waals surface area contributed by atoms with Crippen LogP contribution in [0.5, 0.6) is 11.5 Å². The Morgan fingerprint density at radius 2 is 1.12 bits per heavy atom. The largest absolute Gasteiger partial charge is 0.489 e. The Kier molecular flexibility index (Phi) is 4.93. The molecule has 0 atom stereocenters. The maximum Gasteiger partial charge on any atom is 0.120 e. The maximum atomic E-state index is 6.05. The van der Waals surface area contributed by atoms with E-state index in [4.69, 9.17) is 9.47 Å². The summed E-state index contributed by atoms with van der Waals surface area (Å²) in [5, 5.41) is 4.70. The van der Waals surface area contributed by atoms with Crippen molar-refractivity contribution >= 4 is 32.6 Å². The molecular weight excluding hydrogens is 406 g/mol. The van der Waals surface area contributed by atoms with Gasteiger partial charge in [-0.3, -0.25) is 0 Å². The Morgan fingerprint density at radius 1 is 0.515 bits per heavy atom. The van der Waals surface area contributed by atoms with Crippen molar-refractivity contribution in [1.82, 2.24) is 4.98 Å². The van der Waals surface area contributed by atoms with Crippen LogP contribution in [-0.4, -0.2) is 4.98 Å². The zero-order valence-electron chi connectivity index (χ0n) is 18.1. The molecule has 3 nitrogen and oxygen atoms in total. The molecule has 0 aliphatic rings. The lowest BCUT2D eigenvalue weighted by atomic mass is 10.1. The van der Waals surface area contributed by atoms with Gasteiger partial charge >= 0.3 is 0 Å². The van der Waals surface area contributed by atoms with Crippen LogP contribution in [0, 0.1) is 0 Å². The molecule has 5 aromatic carbocycles. The fourth-order valence-electron chi connectivity index (χ4n) is 4.32. The van der Waals surface area contributed by atoms with Crippen LogP contribution in [-0.2, 0) is 13.2 Å². The second kappa shape index (κ2) is 8.36. The molecule has 160 valence electrons. The second-order valence-corrected chi connectivity index (χ2v) is 8.25. The van der Waals surface area contributed by atoms with Crippen molar-refractivity contribution in [2.45, 2.75) is 13.2 Å². The van der Waals surface area contributed by atoms with Crippen LogP contribution >= 0.6 is 0 Å². The number of hydrogen-bond donors (Lipinski definition) is 1. The molecule has 0 saturated carbocycles. The van der Waals surface area contributed by atoms with E-state index in [0.717, 1.165) is 39.0 Å². The van der Waals surface area contributed by atoms with Gasteiger partial charge in [0.2, 0.25) is 0 Å². The average molecular weight is 430 g/mol. The van der Waals surface area contributed by atoms with Gasteiger partial charge in [0.05, 0.1) is 5.52 Å². The van der Waals surface area contributed by atoms with Crippen molar-refractivity contribution in [2.75, 3.05) is 0 Å². The summed E-state index contributed by atoms with van der Waals surface area (Å²) in [6, 6.07) is 37.4. The van der Waals surface area contributed by atoms with Crippen LogP contribution in [0.1, 0.15) is 11.1 Å². The first-order valence-electron chi connectivity index (χ1n) is 11.2. The summed E-state index contributed by atoms with van der Waals surface area (Å²) in [5.41, 5.74) is 4.56. The highest BCUT2D eigenvalue weighted by Gasteiger charge is 2.10. The molecule has 6 rings (SSSR count). The van der Waals surface area contributed by atoms with Gasteiger partial charge in [0.25, 0.3) is 0 Å². The fraction of sp³-hybridized carbons (Fsp3) is 0.0667. The number of benzene rings is 5. The predicted molar refractivity (Wildman–Crippen MR) is 135 cm³/mol. The summed E-state index contributed by atoms with van der Waals surface area (Å²) in [6.07, 6.45) is 0. The van der Waals surface area contributed by atoms with Crippen LogP contribution in [0.4, 0.5) is 0 Å². The Labute approximate surface area is 192 Å². The number of fused-ring (bicyclic) bond motifs is 5. The van der Waals surface area contributed by atoms with Crippen LogP contribution in [0.2, 0.25) is 0 Å². The minimum absolute atomic E-state index is 0.559. The molecule has 1 heterocycles. The molecule has 1 N–H and O–H groups in total. The monoisotopic (exact) mass is 429 g/mol. The molecule has 0 saturated heterocycles. The van der Waals surface area contributed by atoms with E-state index in [1.165, 1.54) is 16.2 Å². The molecule has 3 heteroatoms. The molecule has 0 radical (unpaired) electrons. The van der Waals surface area contributed by atoms with Crippen molar-refractivity contribution in [1.29, 1.82) is 0 Å². The average Bonchev–Trinajstić information content (AvgIpc) is 3.25. The van der Waals surface area contributed by atoms with Gasteiger partial charge in [-0.1, -0.05) is 72.8 Å². The first-order valence-corrected chi connectivity index (χ1v) is 11.2. The number of hydrogen-bond acceptors (Lipinski definition) is 2. The highest BCUT2D eigenvalue weighted by Crippen LogP contribution is 2.34. The van der Waals surface area contributed by atoms with E-state index in [-0.39, 0.29) is 0 Å². The topological polar surface area (TPSA) is 34.2 Å². The van der Waals surface area contributed by atoms with Gasteiger partial charge < -0.3 is 14.5 Å². The zero-order chi connectivity index (χ0) is 22.0. The molecular formula is C30H23NO2. The third-order valence-corrected chi connectivity index (χ3v) is 6.03. The van der Waals surface area contributed by atoms with E-state index in [1.807, 2.05) is 48.5 Å². The Morgan fingerprint density at radius 3 is 1.82 bits per heavy atom. The molecule has 0 bridgehead atoms. The van der Waals surface area contributed by atoms with Gasteiger partial charge in [0, 0.05) is 21.7 Å². The number of H-pyrrole nitrogens is 1. The molecule has 6 aromatic rings. The Hall–Kier alpha value is -4.24. The Balaban J connectivity index is 1.30. The van der Waals surface area contributed by atoms with E-state index in [9.17, 15) is 0 Å². The standard InChI is InChI=1S/C30H23NO2/c1-3-7-21(8-4-1)19-32-24-12-15-26-23(17-24)11-14-27-28-18-25(13-16-29(28)31-30(26)27)33-20-22-9-5-2-6-10-22/h1-18,31H,19-20H2. The van der Waals surface area contributed by atoms with E-state index < -0.39 is 0 Å². The van der Waals surface area contributed by atoms with Gasteiger partial charge in [0.15, 0.2) is 0 Å². The lowest BCUT2D eigenvalue weighted by molar-refractivity contribution is 0.306. The lowest BCUT2D eigenvalue weighted by Gasteiger charge is -2.08. The maximum absolute atomic E-state index is 6.05. The molecule has 0 fully saturated rings. The van der Waals surface area contributed by atoms with Gasteiger partial charge in [-0.2, -0.15) is 0 Å². The summed E-state index contributed by atoms with van der Waals surface area (Å²) >= 11 is 0. The van der Waals surface area contributed by atoms with Crippen LogP contribution in [0.3, 0.4) is 0 Å². The van der Waals surface area contributed by atoms with E-state index in [0.29, 0.717) is 13.2 Å². The van der Waals surface area contributed by atoms with Crippen LogP contribution in [0.25, 0.3) is 32.6 Å². The number of ether oxygens (including phenoxy) is 2. The Bertz CT molecular complexity index is 1550. The molecule has 0 aliphatic carbocycles. The molecule has 1 aromatic heterocycles. The number of rotatable bonds is 6. The first-order chi connectivity index (χ1) is 16.3. The smallest absolute Gasteiger partial charge is 0.120 e. The number of nitrogens with one attached hydrogen (secondary N) is 1. The predicted octanol–water partition coefficient (Wildman–Crippen LogP) is 7.63. The summed E-state index contributed by atoms with van der Waals surface area (Å²) < 4.78 is 12.1. The molecule has 33 heavy (non-hydrogen) atoms. The zero-order valence-corrected chi connectivity index (χ0v) is 18.1. The van der Waals surface area contributed by atoms with Crippen molar-refractivity contribution in [3.05, 3.63) is 120 Å². The van der Waals surface area contributed by atoms with Crippen molar-refractivity contribution in [3.8, 4) is 11.5 Å². The SMILES string of the molecule is c1ccc(COc2ccc3c(ccc4c5cc(OCc6ccccc6)ccc5[nH]c34)c2)cc1. The second-order valence-electron chi connectivity index (χ2n) is 8.25. The lowest BCUT2D eigenvalue weighted by Crippen LogP contribution is -1.94. The molecule has 0 amide bonds. The highest BCUT2D eigenvalue weighted by atomic mass is 16.5. The third kappa shape index (κ3) is 3.90. The molecule has 0 unspecified atom stereocenters. The number of aromatic amines is 1. The van der Waals surface area contributed by atoms with Crippen molar-refractivity contribution < 1.29 is 9.47 Å². The van der Waals surface area contributed by atoms with Crippen LogP contribution < -0.4 is 9.47 Å². The molecule has 0 spiro atoms. The summed E-state index contributed by atoms with van der Waals surface area (Å²) in [6.45, 7) is 1.12. The van der Waals surface area contributed by atoms with Gasteiger partial charge in [-0.25, -0.2) is 0 Å². The quantitative estimate of drug-likeness (QED) is 0.295. The first kappa shape index (κ1) is 19.4. The van der Waals surface area contributed by atoms with Crippen molar-refractivity contribution in [2.24, 2.45) is 0 Å². The van der Waals surface area contributed by atoms with Gasteiger partial charge in [-0.05, 0) is 52.9 Å². The summed E-state index contributed by atoms with van der Waals surface area (Å²) in [7, 11) is 0. The molecule has 0 aliphatic heterocycles. The highest BCUT2D eigenvalue weighted by molar-refractivity contribution is 6.17. The normalized spacial score (nSPS) is 11.3.